The summed E-state index contributed by atoms with van der Waals surface area (Å²) >= 11 is 0. The maximum absolute atomic E-state index is 13.3. The fourth-order valence-corrected chi connectivity index (χ4v) is 1.53. The number of hydrogen-bond donors (Lipinski definition) is 1. The number of ether oxygens (including phenoxy) is 1. The van der Waals surface area contributed by atoms with Gasteiger partial charge in [-0.25, -0.2) is 4.39 Å². The molecule has 0 radical (unpaired) electrons. The van der Waals surface area contributed by atoms with Gasteiger partial charge in [0.15, 0.2) is 17.4 Å². The van der Waals surface area contributed by atoms with E-state index in [0.717, 1.165) is 0 Å². The average molecular weight is 265 g/mol. The molecular weight excluding hydrogens is 249 g/mol. The Morgan fingerprint density at radius 2 is 2.21 bits per heavy atom. The molecule has 0 atom stereocenters. The summed E-state index contributed by atoms with van der Waals surface area (Å²) in [5.41, 5.74) is 0.626. The lowest BCUT2D eigenvalue weighted by molar-refractivity contribution is 0.385. The Morgan fingerprint density at radius 3 is 2.89 bits per heavy atom. The number of nitrogens with one attached hydrogen (secondary N) is 1. The lowest BCUT2D eigenvalue weighted by Gasteiger charge is -2.03. The van der Waals surface area contributed by atoms with Gasteiger partial charge in [0, 0.05) is 11.6 Å². The highest BCUT2D eigenvalue weighted by Crippen LogP contribution is 2.25. The summed E-state index contributed by atoms with van der Waals surface area (Å²) < 4.78 is 23.4. The fraction of sp³-hybridized carbons (Fsp3) is 0.385. The van der Waals surface area contributed by atoms with E-state index < -0.39 is 5.82 Å². The molecule has 1 aromatic carbocycles. The first-order chi connectivity index (χ1) is 9.10. The van der Waals surface area contributed by atoms with Crippen LogP contribution < -0.4 is 10.1 Å². The summed E-state index contributed by atoms with van der Waals surface area (Å²) in [6.45, 7) is 4.59. The van der Waals surface area contributed by atoms with E-state index in [1.165, 1.54) is 19.2 Å². The van der Waals surface area contributed by atoms with Crippen LogP contribution in [0.2, 0.25) is 0 Å². The number of aromatic nitrogens is 2. The highest BCUT2D eigenvalue weighted by molar-refractivity contribution is 5.55. The molecule has 2 aromatic rings. The van der Waals surface area contributed by atoms with Crippen LogP contribution in [0.5, 0.6) is 5.75 Å². The van der Waals surface area contributed by atoms with Gasteiger partial charge in [0.2, 0.25) is 0 Å². The van der Waals surface area contributed by atoms with Crippen molar-refractivity contribution in [2.75, 3.05) is 7.11 Å². The first-order valence-corrected chi connectivity index (χ1v) is 6.00. The van der Waals surface area contributed by atoms with Gasteiger partial charge >= 0.3 is 0 Å². The number of hydrogen-bond acceptors (Lipinski definition) is 5. The summed E-state index contributed by atoms with van der Waals surface area (Å²) in [6, 6.07) is 4.76. The van der Waals surface area contributed by atoms with Crippen molar-refractivity contribution in [1.82, 2.24) is 15.5 Å². The smallest absolute Gasteiger partial charge is 0.258 e. The lowest BCUT2D eigenvalue weighted by Crippen LogP contribution is -2.22. The molecule has 102 valence electrons. The molecule has 0 bridgehead atoms. The maximum Gasteiger partial charge on any atom is 0.258 e. The molecule has 0 unspecified atom stereocenters. The minimum Gasteiger partial charge on any atom is -0.494 e. The van der Waals surface area contributed by atoms with Gasteiger partial charge < -0.3 is 14.6 Å². The van der Waals surface area contributed by atoms with Crippen LogP contribution in [0.25, 0.3) is 11.5 Å². The average Bonchev–Trinajstić information content (AvgIpc) is 2.86. The third kappa shape index (κ3) is 3.29. The summed E-state index contributed by atoms with van der Waals surface area (Å²) in [5, 5.41) is 7.05. The second-order valence-corrected chi connectivity index (χ2v) is 4.40. The van der Waals surface area contributed by atoms with Crippen LogP contribution in [0, 0.1) is 5.82 Å². The Labute approximate surface area is 110 Å². The molecule has 0 saturated carbocycles. The largest absolute Gasteiger partial charge is 0.494 e. The predicted molar refractivity (Wildman–Crippen MR) is 68.2 cm³/mol. The molecule has 0 amide bonds. The van der Waals surface area contributed by atoms with Gasteiger partial charge in [0.25, 0.3) is 5.89 Å². The van der Waals surface area contributed by atoms with Gasteiger partial charge in [-0.3, -0.25) is 0 Å². The highest BCUT2D eigenvalue weighted by Gasteiger charge is 2.12. The summed E-state index contributed by atoms with van der Waals surface area (Å²) in [6.07, 6.45) is 0. The van der Waals surface area contributed by atoms with Crippen LogP contribution in [0.1, 0.15) is 19.7 Å². The van der Waals surface area contributed by atoms with Gasteiger partial charge in [-0.05, 0) is 18.2 Å². The molecule has 0 aliphatic carbocycles. The first kappa shape index (κ1) is 13.5. The quantitative estimate of drug-likeness (QED) is 0.899. The van der Waals surface area contributed by atoms with Gasteiger partial charge in [-0.15, -0.1) is 0 Å². The van der Waals surface area contributed by atoms with Crippen LogP contribution in [-0.2, 0) is 6.54 Å². The van der Waals surface area contributed by atoms with Crippen molar-refractivity contribution in [1.29, 1.82) is 0 Å². The zero-order valence-corrected chi connectivity index (χ0v) is 11.1. The van der Waals surface area contributed by atoms with Crippen molar-refractivity contribution in [2.45, 2.75) is 26.4 Å². The first-order valence-electron chi connectivity index (χ1n) is 6.00. The molecule has 6 heteroatoms. The van der Waals surface area contributed by atoms with Crippen LogP contribution in [0.4, 0.5) is 4.39 Å². The zero-order chi connectivity index (χ0) is 13.8. The number of nitrogens with zero attached hydrogens (tertiary/aromatic N) is 2. The van der Waals surface area contributed by atoms with E-state index in [2.05, 4.69) is 15.5 Å². The molecule has 0 aliphatic heterocycles. The van der Waals surface area contributed by atoms with Crippen molar-refractivity contribution in [3.8, 4) is 17.2 Å². The molecule has 19 heavy (non-hydrogen) atoms. The van der Waals surface area contributed by atoms with Crippen LogP contribution in [-0.4, -0.2) is 23.3 Å². The van der Waals surface area contributed by atoms with E-state index in [1.54, 1.807) is 6.07 Å². The SMILES string of the molecule is COc1cc(-c2nc(CNC(C)C)no2)ccc1F. The Kier molecular flexibility index (Phi) is 4.11. The van der Waals surface area contributed by atoms with Crippen LogP contribution in [0.3, 0.4) is 0 Å². The Hall–Kier alpha value is -1.95. The van der Waals surface area contributed by atoms with Crippen molar-refractivity contribution in [3.63, 3.8) is 0 Å². The Morgan fingerprint density at radius 1 is 1.42 bits per heavy atom. The van der Waals surface area contributed by atoms with Crippen molar-refractivity contribution in [3.05, 3.63) is 29.8 Å². The third-order valence-electron chi connectivity index (χ3n) is 2.53. The van der Waals surface area contributed by atoms with E-state index >= 15 is 0 Å². The zero-order valence-electron chi connectivity index (χ0n) is 11.1. The molecule has 0 fully saturated rings. The van der Waals surface area contributed by atoms with E-state index in [1.807, 2.05) is 13.8 Å². The minimum atomic E-state index is -0.424. The standard InChI is InChI=1S/C13H16FN3O2/c1-8(2)15-7-12-16-13(19-17-12)9-4-5-10(14)11(6-9)18-3/h4-6,8,15H,7H2,1-3H3. The molecule has 1 N–H and O–H groups in total. The summed E-state index contributed by atoms with van der Waals surface area (Å²) in [5.74, 6) is 0.635. The van der Waals surface area contributed by atoms with E-state index in [4.69, 9.17) is 9.26 Å². The van der Waals surface area contributed by atoms with E-state index in [0.29, 0.717) is 29.9 Å². The monoisotopic (exact) mass is 265 g/mol. The minimum absolute atomic E-state index is 0.151. The topological polar surface area (TPSA) is 60.2 Å². The van der Waals surface area contributed by atoms with Gasteiger partial charge in [0.1, 0.15) is 0 Å². The fourth-order valence-electron chi connectivity index (χ4n) is 1.53. The normalized spacial score (nSPS) is 11.0. The summed E-state index contributed by atoms with van der Waals surface area (Å²) in [7, 11) is 1.41. The molecule has 1 aromatic heterocycles. The predicted octanol–water partition coefficient (Wildman–Crippen LogP) is 2.38. The van der Waals surface area contributed by atoms with Crippen molar-refractivity contribution < 1.29 is 13.7 Å². The second kappa shape index (κ2) is 5.79. The van der Waals surface area contributed by atoms with Crippen LogP contribution >= 0.6 is 0 Å². The highest BCUT2D eigenvalue weighted by atomic mass is 19.1. The molecule has 0 saturated heterocycles. The van der Waals surface area contributed by atoms with Crippen molar-refractivity contribution >= 4 is 0 Å². The van der Waals surface area contributed by atoms with E-state index in [-0.39, 0.29) is 5.75 Å². The summed E-state index contributed by atoms with van der Waals surface area (Å²) in [4.78, 5) is 4.24. The second-order valence-electron chi connectivity index (χ2n) is 4.40. The number of benzene rings is 1. The van der Waals surface area contributed by atoms with Crippen LogP contribution in [0.15, 0.2) is 22.7 Å². The van der Waals surface area contributed by atoms with Gasteiger partial charge in [-0.1, -0.05) is 19.0 Å². The molecular formula is C13H16FN3O2. The van der Waals surface area contributed by atoms with Gasteiger partial charge in [0.05, 0.1) is 13.7 Å². The van der Waals surface area contributed by atoms with E-state index in [9.17, 15) is 4.39 Å². The molecule has 0 spiro atoms. The number of rotatable bonds is 5. The van der Waals surface area contributed by atoms with Crippen molar-refractivity contribution in [2.24, 2.45) is 0 Å². The Bertz CT molecular complexity index is 555. The third-order valence-corrected chi connectivity index (χ3v) is 2.53. The molecule has 0 aliphatic rings. The molecule has 1 heterocycles. The van der Waals surface area contributed by atoms with Gasteiger partial charge in [-0.2, -0.15) is 4.98 Å². The number of halogens is 1. The lowest BCUT2D eigenvalue weighted by atomic mass is 10.2. The molecule has 2 rings (SSSR count). The molecule has 5 nitrogen and oxygen atoms in total. The number of methoxy groups -OCH3 is 1. The Balaban J connectivity index is 2.18. The maximum atomic E-state index is 13.3.